The molecule has 0 aliphatic heterocycles. The van der Waals surface area contributed by atoms with Crippen LogP contribution in [-0.4, -0.2) is 0 Å². The van der Waals surface area contributed by atoms with E-state index in [-0.39, 0.29) is 0 Å². The first kappa shape index (κ1) is 8.62. The van der Waals surface area contributed by atoms with Crippen molar-refractivity contribution in [2.45, 2.75) is 39.5 Å². The Morgan fingerprint density at radius 3 is 2.45 bits per heavy atom. The zero-order valence-corrected chi connectivity index (χ0v) is 7.69. The summed E-state index contributed by atoms with van der Waals surface area (Å²) in [6.07, 6.45) is 5.69. The van der Waals surface area contributed by atoms with Crippen LogP contribution in [0, 0.1) is 11.8 Å². The first-order chi connectivity index (χ1) is 5.25. The van der Waals surface area contributed by atoms with Crippen LogP contribution in [0.15, 0.2) is 17.9 Å². The molecule has 1 rings (SSSR count). The van der Waals surface area contributed by atoms with Gasteiger partial charge in [-0.2, -0.15) is 0 Å². The minimum atomic E-state index is 0.718. The van der Waals surface area contributed by atoms with E-state index in [4.69, 9.17) is 0 Å². The van der Waals surface area contributed by atoms with Crippen LogP contribution in [0.25, 0.3) is 0 Å². The smallest absolute Gasteiger partial charge is 0.0130 e. The van der Waals surface area contributed by atoms with Gasteiger partial charge in [-0.1, -0.05) is 26.3 Å². The predicted octanol–water partition coefficient (Wildman–Crippen LogP) is 3.54. The van der Waals surface area contributed by atoms with Crippen molar-refractivity contribution in [2.24, 2.45) is 11.8 Å². The van der Waals surface area contributed by atoms with Gasteiger partial charge in [0.25, 0.3) is 0 Å². The van der Waals surface area contributed by atoms with E-state index in [1.807, 2.05) is 0 Å². The van der Waals surface area contributed by atoms with Crippen molar-refractivity contribution < 1.29 is 0 Å². The Morgan fingerprint density at radius 1 is 1.45 bits per heavy atom. The highest BCUT2D eigenvalue weighted by molar-refractivity contribution is 5.01. The van der Waals surface area contributed by atoms with Crippen LogP contribution in [0.5, 0.6) is 0 Å². The third kappa shape index (κ3) is 1.97. The second-order valence-electron chi connectivity index (χ2n) is 3.69. The fraction of sp³-hybridized carbons (Fsp3) is 0.727. The molecule has 1 aliphatic carbocycles. The van der Waals surface area contributed by atoms with Gasteiger partial charge in [-0.05, 0) is 37.2 Å². The molecule has 1 aliphatic rings. The van der Waals surface area contributed by atoms with Crippen molar-refractivity contribution in [1.29, 1.82) is 0 Å². The fourth-order valence-electron chi connectivity index (χ4n) is 1.97. The monoisotopic (exact) mass is 150 g/mol. The highest BCUT2D eigenvalue weighted by Crippen LogP contribution is 2.34. The Bertz CT molecular complexity index is 166. The van der Waals surface area contributed by atoms with Gasteiger partial charge >= 0.3 is 0 Å². The molecule has 11 heavy (non-hydrogen) atoms. The summed E-state index contributed by atoms with van der Waals surface area (Å²) in [6.45, 7) is 8.15. The Hall–Kier alpha value is -0.480. The van der Waals surface area contributed by atoms with Crippen molar-refractivity contribution in [3.05, 3.63) is 17.9 Å². The molecule has 0 aromatic carbocycles. The SMILES string of the molecule is C=C=C(C)C(C)C1CCCC1. The summed E-state index contributed by atoms with van der Waals surface area (Å²) in [5.74, 6) is 1.64. The quantitative estimate of drug-likeness (QED) is 0.528. The van der Waals surface area contributed by atoms with Crippen LogP contribution in [0.3, 0.4) is 0 Å². The van der Waals surface area contributed by atoms with Crippen molar-refractivity contribution in [2.75, 3.05) is 0 Å². The molecule has 62 valence electrons. The summed E-state index contributed by atoms with van der Waals surface area (Å²) >= 11 is 0. The lowest BCUT2D eigenvalue weighted by Crippen LogP contribution is -2.07. The maximum absolute atomic E-state index is 3.69. The highest BCUT2D eigenvalue weighted by Gasteiger charge is 2.21. The van der Waals surface area contributed by atoms with E-state index in [9.17, 15) is 0 Å². The average Bonchev–Trinajstić information content (AvgIpc) is 2.53. The normalized spacial score (nSPS) is 21.3. The van der Waals surface area contributed by atoms with Crippen LogP contribution in [0.2, 0.25) is 0 Å². The number of allylic oxidation sites excluding steroid dienone is 1. The van der Waals surface area contributed by atoms with Gasteiger partial charge in [-0.25, -0.2) is 0 Å². The number of hydrogen-bond donors (Lipinski definition) is 0. The van der Waals surface area contributed by atoms with Crippen LogP contribution in [0.4, 0.5) is 0 Å². The van der Waals surface area contributed by atoms with Gasteiger partial charge < -0.3 is 0 Å². The Balaban J connectivity index is 2.52. The van der Waals surface area contributed by atoms with E-state index in [2.05, 4.69) is 26.2 Å². The van der Waals surface area contributed by atoms with E-state index in [0.717, 1.165) is 11.8 Å². The molecule has 0 spiro atoms. The minimum absolute atomic E-state index is 0.718. The molecule has 0 heteroatoms. The van der Waals surface area contributed by atoms with E-state index in [1.165, 1.54) is 31.3 Å². The van der Waals surface area contributed by atoms with Crippen LogP contribution in [0.1, 0.15) is 39.5 Å². The number of hydrogen-bond acceptors (Lipinski definition) is 0. The lowest BCUT2D eigenvalue weighted by atomic mass is 9.87. The van der Waals surface area contributed by atoms with Crippen molar-refractivity contribution >= 4 is 0 Å². The molecule has 0 aromatic heterocycles. The third-order valence-corrected chi connectivity index (χ3v) is 3.07. The fourth-order valence-corrected chi connectivity index (χ4v) is 1.97. The summed E-state index contributed by atoms with van der Waals surface area (Å²) in [7, 11) is 0. The van der Waals surface area contributed by atoms with Gasteiger partial charge in [0.2, 0.25) is 0 Å². The Labute approximate surface area is 70.0 Å². The van der Waals surface area contributed by atoms with Gasteiger partial charge in [0.1, 0.15) is 0 Å². The molecule has 0 saturated heterocycles. The number of rotatable bonds is 2. The van der Waals surface area contributed by atoms with E-state index in [0.29, 0.717) is 0 Å². The summed E-state index contributed by atoms with van der Waals surface area (Å²) in [6, 6.07) is 0. The summed E-state index contributed by atoms with van der Waals surface area (Å²) in [5, 5.41) is 0. The molecular weight excluding hydrogens is 132 g/mol. The predicted molar refractivity (Wildman–Crippen MR) is 49.4 cm³/mol. The molecule has 1 fully saturated rings. The molecule has 1 saturated carbocycles. The molecule has 0 bridgehead atoms. The largest absolute Gasteiger partial charge is 0.130 e. The molecule has 0 nitrogen and oxygen atoms in total. The molecule has 0 amide bonds. The van der Waals surface area contributed by atoms with Gasteiger partial charge in [0.15, 0.2) is 0 Å². The standard InChI is InChI=1S/C11H18/c1-4-9(2)10(3)11-7-5-6-8-11/h10-11H,1,5-8H2,2-3H3. The molecule has 0 heterocycles. The lowest BCUT2D eigenvalue weighted by Gasteiger charge is -2.17. The summed E-state index contributed by atoms with van der Waals surface area (Å²) in [5.41, 5.74) is 4.35. The van der Waals surface area contributed by atoms with Gasteiger partial charge in [0.05, 0.1) is 0 Å². The molecule has 1 atom stereocenters. The van der Waals surface area contributed by atoms with Crippen LogP contribution >= 0.6 is 0 Å². The minimum Gasteiger partial charge on any atom is -0.130 e. The molecule has 0 aromatic rings. The zero-order valence-electron chi connectivity index (χ0n) is 7.69. The molecule has 1 unspecified atom stereocenters. The molecular formula is C11H18. The highest BCUT2D eigenvalue weighted by atomic mass is 14.3. The van der Waals surface area contributed by atoms with E-state index < -0.39 is 0 Å². The van der Waals surface area contributed by atoms with Gasteiger partial charge in [-0.15, -0.1) is 5.73 Å². The van der Waals surface area contributed by atoms with Crippen molar-refractivity contribution in [3.63, 3.8) is 0 Å². The maximum Gasteiger partial charge on any atom is -0.0130 e. The lowest BCUT2D eigenvalue weighted by molar-refractivity contribution is 0.416. The second-order valence-corrected chi connectivity index (χ2v) is 3.69. The zero-order chi connectivity index (χ0) is 8.27. The summed E-state index contributed by atoms with van der Waals surface area (Å²) in [4.78, 5) is 0. The second kappa shape index (κ2) is 3.78. The average molecular weight is 150 g/mol. The molecule has 0 N–H and O–H groups in total. The Morgan fingerprint density at radius 2 is 2.00 bits per heavy atom. The van der Waals surface area contributed by atoms with E-state index in [1.54, 1.807) is 0 Å². The van der Waals surface area contributed by atoms with Gasteiger partial charge in [-0.3, -0.25) is 0 Å². The third-order valence-electron chi connectivity index (χ3n) is 3.07. The van der Waals surface area contributed by atoms with Crippen molar-refractivity contribution in [3.8, 4) is 0 Å². The van der Waals surface area contributed by atoms with Gasteiger partial charge in [0, 0.05) is 0 Å². The Kier molecular flexibility index (Phi) is 2.96. The first-order valence-corrected chi connectivity index (χ1v) is 4.62. The van der Waals surface area contributed by atoms with Crippen LogP contribution in [-0.2, 0) is 0 Å². The summed E-state index contributed by atoms with van der Waals surface area (Å²) < 4.78 is 0. The van der Waals surface area contributed by atoms with Crippen molar-refractivity contribution in [1.82, 2.24) is 0 Å². The topological polar surface area (TPSA) is 0 Å². The first-order valence-electron chi connectivity index (χ1n) is 4.62. The molecule has 0 radical (unpaired) electrons. The van der Waals surface area contributed by atoms with Crippen LogP contribution < -0.4 is 0 Å². The van der Waals surface area contributed by atoms with E-state index >= 15 is 0 Å². The maximum atomic E-state index is 3.69.